The Bertz CT molecular complexity index is 640. The molecule has 0 unspecified atom stereocenters. The first-order chi connectivity index (χ1) is 10.3. The van der Waals surface area contributed by atoms with Crippen LogP contribution in [0.3, 0.4) is 0 Å². The Balaban J connectivity index is 1.61. The first kappa shape index (κ1) is 14.4. The van der Waals surface area contributed by atoms with Crippen LogP contribution < -0.4 is 9.47 Å². The number of aliphatic hydroxyl groups excluding tert-OH is 1. The van der Waals surface area contributed by atoms with Crippen LogP contribution in [-0.2, 0) is 19.4 Å². The van der Waals surface area contributed by atoms with Crippen LogP contribution in [-0.4, -0.2) is 18.3 Å². The molecule has 0 saturated heterocycles. The van der Waals surface area contributed by atoms with Crippen LogP contribution in [0.4, 0.5) is 0 Å². The summed E-state index contributed by atoms with van der Waals surface area (Å²) < 4.78 is 12.2. The van der Waals surface area contributed by atoms with Crippen molar-refractivity contribution in [2.75, 3.05) is 13.2 Å². The smallest absolute Gasteiger partial charge is 0.124 e. The Morgan fingerprint density at radius 2 is 2.10 bits per heavy atom. The van der Waals surface area contributed by atoms with E-state index in [4.69, 9.17) is 9.47 Å². The van der Waals surface area contributed by atoms with Crippen LogP contribution in [0.1, 0.15) is 16.7 Å². The Hall–Kier alpha value is -1.52. The number of ether oxygens (including phenoxy) is 2. The molecule has 110 valence electrons. The van der Waals surface area contributed by atoms with Gasteiger partial charge in [-0.15, -0.1) is 0 Å². The van der Waals surface area contributed by atoms with Crippen LogP contribution in [0.15, 0.2) is 40.9 Å². The Morgan fingerprint density at radius 3 is 2.95 bits per heavy atom. The topological polar surface area (TPSA) is 38.7 Å². The van der Waals surface area contributed by atoms with Gasteiger partial charge in [0, 0.05) is 22.9 Å². The van der Waals surface area contributed by atoms with Crippen molar-refractivity contribution in [1.29, 1.82) is 0 Å². The van der Waals surface area contributed by atoms with Gasteiger partial charge >= 0.3 is 0 Å². The number of fused-ring (bicyclic) bond motifs is 1. The van der Waals surface area contributed by atoms with Gasteiger partial charge in [0.2, 0.25) is 0 Å². The van der Waals surface area contributed by atoms with Gasteiger partial charge < -0.3 is 14.6 Å². The monoisotopic (exact) mass is 348 g/mol. The van der Waals surface area contributed by atoms with Crippen molar-refractivity contribution in [3.63, 3.8) is 0 Å². The van der Waals surface area contributed by atoms with Gasteiger partial charge in [-0.1, -0.05) is 28.1 Å². The molecule has 0 aliphatic carbocycles. The number of hydrogen-bond donors (Lipinski definition) is 1. The van der Waals surface area contributed by atoms with Gasteiger partial charge in [-0.2, -0.15) is 0 Å². The molecule has 3 nitrogen and oxygen atoms in total. The van der Waals surface area contributed by atoms with Gasteiger partial charge in [-0.25, -0.2) is 0 Å². The number of rotatable bonds is 5. The van der Waals surface area contributed by atoms with Crippen molar-refractivity contribution < 1.29 is 14.6 Å². The van der Waals surface area contributed by atoms with Crippen molar-refractivity contribution >= 4 is 15.9 Å². The molecule has 0 amide bonds. The average Bonchev–Trinajstić information content (AvgIpc) is 2.96. The highest BCUT2D eigenvalue weighted by Gasteiger charge is 2.12. The van der Waals surface area contributed by atoms with E-state index in [0.717, 1.165) is 41.0 Å². The fraction of sp³-hybridized carbons (Fsp3) is 0.294. The summed E-state index contributed by atoms with van der Waals surface area (Å²) >= 11 is 3.39. The molecule has 0 bridgehead atoms. The Kier molecular flexibility index (Phi) is 4.46. The van der Waals surface area contributed by atoms with E-state index in [2.05, 4.69) is 28.1 Å². The first-order valence-corrected chi connectivity index (χ1v) is 7.82. The van der Waals surface area contributed by atoms with E-state index >= 15 is 0 Å². The van der Waals surface area contributed by atoms with E-state index in [9.17, 15) is 5.11 Å². The molecule has 1 heterocycles. The molecule has 0 radical (unpaired) electrons. The predicted molar refractivity (Wildman–Crippen MR) is 84.9 cm³/mol. The van der Waals surface area contributed by atoms with E-state index in [0.29, 0.717) is 6.61 Å². The second-order valence-corrected chi connectivity index (χ2v) is 5.96. The summed E-state index contributed by atoms with van der Waals surface area (Å²) in [6, 6.07) is 12.0. The lowest BCUT2D eigenvalue weighted by Crippen LogP contribution is -2.03. The maximum absolute atomic E-state index is 9.35. The Morgan fingerprint density at radius 1 is 1.19 bits per heavy atom. The molecular formula is C17H17BrO3. The minimum Gasteiger partial charge on any atom is -0.493 e. The maximum atomic E-state index is 9.35. The zero-order chi connectivity index (χ0) is 14.7. The van der Waals surface area contributed by atoms with Crippen LogP contribution in [0, 0.1) is 0 Å². The molecule has 1 aliphatic heterocycles. The number of benzene rings is 2. The lowest BCUT2D eigenvalue weighted by molar-refractivity contribution is 0.263. The largest absolute Gasteiger partial charge is 0.493 e. The van der Waals surface area contributed by atoms with Gasteiger partial charge in [-0.3, -0.25) is 0 Å². The van der Waals surface area contributed by atoms with Gasteiger partial charge in [0.25, 0.3) is 0 Å². The zero-order valence-corrected chi connectivity index (χ0v) is 13.2. The molecule has 1 N–H and O–H groups in total. The first-order valence-electron chi connectivity index (χ1n) is 7.03. The molecule has 0 spiro atoms. The second-order valence-electron chi connectivity index (χ2n) is 5.05. The third kappa shape index (κ3) is 3.39. The molecule has 0 atom stereocenters. The van der Waals surface area contributed by atoms with E-state index in [-0.39, 0.29) is 6.61 Å². The summed E-state index contributed by atoms with van der Waals surface area (Å²) in [4.78, 5) is 0. The van der Waals surface area contributed by atoms with E-state index in [1.165, 1.54) is 11.1 Å². The molecule has 21 heavy (non-hydrogen) atoms. The lowest BCUT2D eigenvalue weighted by Gasteiger charge is -2.11. The van der Waals surface area contributed by atoms with Crippen LogP contribution in [0.2, 0.25) is 0 Å². The van der Waals surface area contributed by atoms with Gasteiger partial charge in [0.05, 0.1) is 19.8 Å². The molecule has 2 aromatic carbocycles. The summed E-state index contributed by atoms with van der Waals surface area (Å²) in [6.07, 6.45) is 1.83. The molecule has 4 heteroatoms. The molecule has 3 rings (SSSR count). The number of halogens is 1. The van der Waals surface area contributed by atoms with Gasteiger partial charge in [0.15, 0.2) is 0 Å². The molecule has 0 aromatic heterocycles. The van der Waals surface area contributed by atoms with E-state index < -0.39 is 0 Å². The Labute approximate surface area is 132 Å². The van der Waals surface area contributed by atoms with Crippen molar-refractivity contribution in [2.24, 2.45) is 0 Å². The normalized spacial score (nSPS) is 12.9. The SMILES string of the molecule is OCc1cc(Br)ccc1OCCc1ccc2c(c1)CCO2. The van der Waals surface area contributed by atoms with Crippen molar-refractivity contribution in [3.05, 3.63) is 57.6 Å². The highest BCUT2D eigenvalue weighted by atomic mass is 79.9. The number of aliphatic hydroxyl groups is 1. The summed E-state index contributed by atoms with van der Waals surface area (Å²) in [5.74, 6) is 1.75. The predicted octanol–water partition coefficient (Wildman–Crippen LogP) is 3.50. The summed E-state index contributed by atoms with van der Waals surface area (Å²) in [5.41, 5.74) is 3.33. The fourth-order valence-corrected chi connectivity index (χ4v) is 2.90. The molecule has 2 aromatic rings. The summed E-state index contributed by atoms with van der Waals surface area (Å²) in [6.45, 7) is 1.35. The highest BCUT2D eigenvalue weighted by Crippen LogP contribution is 2.26. The molecule has 0 fully saturated rings. The summed E-state index contributed by atoms with van der Waals surface area (Å²) in [7, 11) is 0. The third-order valence-corrected chi connectivity index (χ3v) is 4.09. The lowest BCUT2D eigenvalue weighted by atomic mass is 10.1. The molecule has 1 aliphatic rings. The minimum atomic E-state index is -0.0229. The maximum Gasteiger partial charge on any atom is 0.124 e. The summed E-state index contributed by atoms with van der Waals surface area (Å²) in [5, 5.41) is 9.35. The molecule has 0 saturated carbocycles. The van der Waals surface area contributed by atoms with Crippen molar-refractivity contribution in [1.82, 2.24) is 0 Å². The van der Waals surface area contributed by atoms with Crippen LogP contribution >= 0.6 is 15.9 Å². The number of hydrogen-bond acceptors (Lipinski definition) is 3. The minimum absolute atomic E-state index is 0.0229. The van der Waals surface area contributed by atoms with Crippen LogP contribution in [0.5, 0.6) is 11.5 Å². The van der Waals surface area contributed by atoms with Crippen molar-refractivity contribution in [2.45, 2.75) is 19.4 Å². The standard InChI is InChI=1S/C17H17BrO3/c18-15-2-4-17(14(10-15)11-19)20-7-5-12-1-3-16-13(9-12)6-8-21-16/h1-4,9-10,19H,5-8,11H2. The third-order valence-electron chi connectivity index (χ3n) is 3.60. The second kappa shape index (κ2) is 6.50. The van der Waals surface area contributed by atoms with E-state index in [1.807, 2.05) is 24.3 Å². The van der Waals surface area contributed by atoms with Gasteiger partial charge in [0.1, 0.15) is 11.5 Å². The fourth-order valence-electron chi connectivity index (χ4n) is 2.49. The van der Waals surface area contributed by atoms with Crippen LogP contribution in [0.25, 0.3) is 0 Å². The molecular weight excluding hydrogens is 332 g/mol. The van der Waals surface area contributed by atoms with Crippen molar-refractivity contribution in [3.8, 4) is 11.5 Å². The zero-order valence-electron chi connectivity index (χ0n) is 11.6. The van der Waals surface area contributed by atoms with Gasteiger partial charge in [-0.05, 0) is 35.4 Å². The quantitative estimate of drug-likeness (QED) is 0.898. The highest BCUT2D eigenvalue weighted by molar-refractivity contribution is 9.10. The average molecular weight is 349 g/mol. The van der Waals surface area contributed by atoms with E-state index in [1.54, 1.807) is 0 Å².